The Hall–Kier alpha value is -1.91. The molecule has 1 N–H and O–H groups in total. The minimum Gasteiger partial charge on any atom is -0.355 e. The van der Waals surface area contributed by atoms with Gasteiger partial charge in [-0.2, -0.15) is 5.10 Å². The quantitative estimate of drug-likeness (QED) is 0.692. The number of nitrogens with zero attached hydrogens (tertiary/aromatic N) is 3. The Morgan fingerprint density at radius 2 is 2.54 bits per heavy atom. The number of carbonyl (C=O) groups is 1. The molecule has 1 aromatic rings. The molecule has 0 atom stereocenters. The van der Waals surface area contributed by atoms with Crippen molar-refractivity contribution in [3.63, 3.8) is 0 Å². The van der Waals surface area contributed by atoms with E-state index in [2.05, 4.69) is 28.7 Å². The van der Waals surface area contributed by atoms with Crippen LogP contribution in [0.4, 0.5) is 5.82 Å². The van der Waals surface area contributed by atoms with Crippen molar-refractivity contribution in [1.29, 1.82) is 0 Å². The number of aliphatic imine (C=N–C) groups is 1. The average Bonchev–Trinajstić information content (AvgIpc) is 2.58. The molecule has 0 radical (unpaired) electrons. The molecule has 68 valence electrons. The molecular weight excluding hydrogens is 168 g/mol. The molecule has 1 aromatic heterocycles. The molecular formula is C8H10N4O. The molecule has 5 nitrogen and oxygen atoms in total. The Morgan fingerprint density at radius 3 is 3.00 bits per heavy atom. The van der Waals surface area contributed by atoms with Gasteiger partial charge in [0.05, 0.1) is 6.20 Å². The minimum absolute atomic E-state index is 0.240. The van der Waals surface area contributed by atoms with E-state index in [4.69, 9.17) is 0 Å². The minimum atomic E-state index is -0.240. The number of amides is 1. The zero-order valence-electron chi connectivity index (χ0n) is 7.32. The lowest BCUT2D eigenvalue weighted by Crippen LogP contribution is -2.17. The van der Waals surface area contributed by atoms with Gasteiger partial charge >= 0.3 is 0 Å². The first-order chi connectivity index (χ1) is 6.24. The molecule has 0 fully saturated rings. The van der Waals surface area contributed by atoms with Crippen molar-refractivity contribution >= 4 is 24.6 Å². The largest absolute Gasteiger partial charge is 0.355 e. The van der Waals surface area contributed by atoms with Crippen LogP contribution in [0.2, 0.25) is 0 Å². The predicted molar refractivity (Wildman–Crippen MR) is 51.2 cm³/mol. The van der Waals surface area contributed by atoms with Gasteiger partial charge in [0.25, 0.3) is 5.91 Å². The van der Waals surface area contributed by atoms with Crippen LogP contribution in [0.1, 0.15) is 10.4 Å². The highest BCUT2D eigenvalue weighted by Crippen LogP contribution is 2.17. The van der Waals surface area contributed by atoms with E-state index < -0.39 is 0 Å². The van der Waals surface area contributed by atoms with Crippen LogP contribution in [0.3, 0.4) is 0 Å². The second-order valence-electron chi connectivity index (χ2n) is 2.25. The van der Waals surface area contributed by atoms with Gasteiger partial charge in [-0.15, -0.1) is 0 Å². The molecule has 1 heterocycles. The first-order valence-electron chi connectivity index (χ1n) is 3.63. The van der Waals surface area contributed by atoms with Gasteiger partial charge in [0.1, 0.15) is 5.56 Å². The third-order valence-electron chi connectivity index (χ3n) is 1.56. The number of aromatic nitrogens is 2. The van der Waals surface area contributed by atoms with E-state index in [1.807, 2.05) is 0 Å². The molecule has 13 heavy (non-hydrogen) atoms. The maximum absolute atomic E-state index is 11.2. The van der Waals surface area contributed by atoms with Crippen LogP contribution in [0.5, 0.6) is 0 Å². The van der Waals surface area contributed by atoms with Crippen molar-refractivity contribution in [1.82, 2.24) is 15.1 Å². The summed E-state index contributed by atoms with van der Waals surface area (Å²) in [6, 6.07) is 0. The zero-order valence-corrected chi connectivity index (χ0v) is 7.32. The summed E-state index contributed by atoms with van der Waals surface area (Å²) in [4.78, 5) is 14.9. The fraction of sp³-hybridized carbons (Fsp3) is 0.125. The van der Waals surface area contributed by atoms with Crippen molar-refractivity contribution < 1.29 is 4.79 Å². The van der Waals surface area contributed by atoms with Gasteiger partial charge < -0.3 is 5.32 Å². The van der Waals surface area contributed by atoms with E-state index in [-0.39, 0.29) is 5.91 Å². The number of hydrogen-bond donors (Lipinski definition) is 1. The van der Waals surface area contributed by atoms with Crippen molar-refractivity contribution in [2.45, 2.75) is 0 Å². The van der Waals surface area contributed by atoms with E-state index in [9.17, 15) is 4.79 Å². The zero-order chi connectivity index (χ0) is 9.84. The van der Waals surface area contributed by atoms with Gasteiger partial charge in [-0.05, 0) is 6.72 Å². The van der Waals surface area contributed by atoms with E-state index >= 15 is 0 Å². The lowest BCUT2D eigenvalue weighted by molar-refractivity contribution is 0.0964. The Kier molecular flexibility index (Phi) is 2.59. The van der Waals surface area contributed by atoms with Gasteiger partial charge in [0.15, 0.2) is 5.82 Å². The molecule has 0 aliphatic carbocycles. The summed E-state index contributed by atoms with van der Waals surface area (Å²) in [6.45, 7) is 6.87. The van der Waals surface area contributed by atoms with E-state index in [1.165, 1.54) is 17.1 Å². The molecule has 1 rings (SSSR count). The molecule has 0 saturated heterocycles. The monoisotopic (exact) mass is 178 g/mol. The molecule has 1 amide bonds. The lowest BCUT2D eigenvalue weighted by Gasteiger charge is -1.98. The van der Waals surface area contributed by atoms with E-state index in [1.54, 1.807) is 7.05 Å². The van der Waals surface area contributed by atoms with Gasteiger partial charge in [-0.3, -0.25) is 4.79 Å². The summed E-state index contributed by atoms with van der Waals surface area (Å²) in [6.07, 6.45) is 2.88. The van der Waals surface area contributed by atoms with Gasteiger partial charge in [0.2, 0.25) is 0 Å². The molecule has 0 bridgehead atoms. The molecule has 0 aliphatic rings. The Balaban J connectivity index is 3.22. The SMILES string of the molecule is C=Cn1ncc(C(=O)NC)c1N=C. The van der Waals surface area contributed by atoms with Crippen LogP contribution in [-0.2, 0) is 0 Å². The summed E-state index contributed by atoms with van der Waals surface area (Å²) >= 11 is 0. The van der Waals surface area contributed by atoms with Gasteiger partial charge in [-0.1, -0.05) is 6.58 Å². The Bertz CT molecular complexity index is 353. The highest BCUT2D eigenvalue weighted by molar-refractivity contribution is 5.98. The summed E-state index contributed by atoms with van der Waals surface area (Å²) in [5.41, 5.74) is 0.386. The second-order valence-corrected chi connectivity index (χ2v) is 2.25. The predicted octanol–water partition coefficient (Wildman–Crippen LogP) is 0.675. The third-order valence-corrected chi connectivity index (χ3v) is 1.56. The van der Waals surface area contributed by atoms with Gasteiger partial charge in [-0.25, -0.2) is 9.67 Å². The molecule has 0 aliphatic heterocycles. The van der Waals surface area contributed by atoms with Crippen LogP contribution in [0, 0.1) is 0 Å². The number of rotatable bonds is 3. The molecule has 0 unspecified atom stereocenters. The highest BCUT2D eigenvalue weighted by atomic mass is 16.1. The second kappa shape index (κ2) is 3.66. The maximum atomic E-state index is 11.2. The Morgan fingerprint density at radius 1 is 1.85 bits per heavy atom. The highest BCUT2D eigenvalue weighted by Gasteiger charge is 2.13. The Labute approximate surface area is 75.8 Å². The number of carbonyl (C=O) groups excluding carboxylic acids is 1. The van der Waals surface area contributed by atoms with Crippen molar-refractivity contribution in [2.24, 2.45) is 4.99 Å². The van der Waals surface area contributed by atoms with Crippen LogP contribution < -0.4 is 5.32 Å². The first-order valence-corrected chi connectivity index (χ1v) is 3.63. The topological polar surface area (TPSA) is 59.3 Å². The fourth-order valence-electron chi connectivity index (χ4n) is 0.942. The molecule has 0 spiro atoms. The first kappa shape index (κ1) is 9.18. The van der Waals surface area contributed by atoms with E-state index in [0.717, 1.165) is 0 Å². The summed E-state index contributed by atoms with van der Waals surface area (Å²) in [7, 11) is 1.54. The standard InChI is InChI=1S/C8H10N4O/c1-4-12-7(9-2)6(5-11-12)8(13)10-3/h4-5H,1-2H2,3H3,(H,10,13). The number of nitrogens with one attached hydrogen (secondary N) is 1. The fourth-order valence-corrected chi connectivity index (χ4v) is 0.942. The smallest absolute Gasteiger partial charge is 0.256 e. The maximum Gasteiger partial charge on any atom is 0.256 e. The number of hydrogen-bond acceptors (Lipinski definition) is 3. The summed E-state index contributed by atoms with van der Waals surface area (Å²) < 4.78 is 1.39. The lowest BCUT2D eigenvalue weighted by atomic mass is 10.3. The molecule has 5 heteroatoms. The van der Waals surface area contributed by atoms with Crippen LogP contribution >= 0.6 is 0 Å². The third kappa shape index (κ3) is 1.48. The summed E-state index contributed by atoms with van der Waals surface area (Å²) in [5, 5.41) is 6.36. The van der Waals surface area contributed by atoms with Crippen LogP contribution in [0.25, 0.3) is 6.20 Å². The van der Waals surface area contributed by atoms with Gasteiger partial charge in [0, 0.05) is 13.2 Å². The molecule has 0 saturated carbocycles. The molecule has 0 aromatic carbocycles. The van der Waals surface area contributed by atoms with Crippen molar-refractivity contribution in [2.75, 3.05) is 7.05 Å². The van der Waals surface area contributed by atoms with Crippen LogP contribution in [0.15, 0.2) is 17.8 Å². The van der Waals surface area contributed by atoms with Crippen LogP contribution in [-0.4, -0.2) is 29.5 Å². The average molecular weight is 178 g/mol. The van der Waals surface area contributed by atoms with Crippen molar-refractivity contribution in [3.05, 3.63) is 18.3 Å². The summed E-state index contributed by atoms with van der Waals surface area (Å²) in [5.74, 6) is 0.157. The normalized spacial score (nSPS) is 9.31. The van der Waals surface area contributed by atoms with E-state index in [0.29, 0.717) is 11.4 Å². The van der Waals surface area contributed by atoms with Crippen molar-refractivity contribution in [3.8, 4) is 0 Å².